The Hall–Kier alpha value is -0.610. The van der Waals surface area contributed by atoms with Gasteiger partial charge in [-0.25, -0.2) is 0 Å². The minimum Gasteiger partial charge on any atom is -0.342 e. The van der Waals surface area contributed by atoms with E-state index in [0.29, 0.717) is 24.0 Å². The van der Waals surface area contributed by atoms with Gasteiger partial charge in [-0.3, -0.25) is 4.79 Å². The molecule has 0 bridgehead atoms. The molecule has 2 fully saturated rings. The Morgan fingerprint density at radius 2 is 1.84 bits per heavy atom. The predicted octanol–water partition coefficient (Wildman–Crippen LogP) is 1.32. The lowest BCUT2D eigenvalue weighted by molar-refractivity contribution is -0.135. The van der Waals surface area contributed by atoms with Crippen LogP contribution in [0.25, 0.3) is 0 Å². The van der Waals surface area contributed by atoms with Crippen molar-refractivity contribution in [2.75, 3.05) is 26.7 Å². The van der Waals surface area contributed by atoms with Crippen molar-refractivity contribution in [2.45, 2.75) is 58.2 Å². The van der Waals surface area contributed by atoms with Crippen LogP contribution in [0.4, 0.5) is 0 Å². The van der Waals surface area contributed by atoms with E-state index in [0.717, 1.165) is 32.5 Å². The molecule has 2 atom stereocenters. The lowest BCUT2D eigenvalue weighted by atomic mass is 10.0. The van der Waals surface area contributed by atoms with E-state index < -0.39 is 0 Å². The van der Waals surface area contributed by atoms with E-state index in [2.05, 4.69) is 24.2 Å². The minimum atomic E-state index is 0.133. The highest BCUT2D eigenvalue weighted by atomic mass is 16.2. The van der Waals surface area contributed by atoms with E-state index in [-0.39, 0.29) is 5.92 Å². The maximum Gasteiger partial charge on any atom is 0.225 e. The summed E-state index contributed by atoms with van der Waals surface area (Å²) in [7, 11) is 2.20. The second-order valence-corrected chi connectivity index (χ2v) is 6.64. The van der Waals surface area contributed by atoms with Gasteiger partial charge in [0.1, 0.15) is 0 Å². The molecule has 19 heavy (non-hydrogen) atoms. The van der Waals surface area contributed by atoms with Crippen molar-refractivity contribution in [3.05, 3.63) is 0 Å². The number of nitrogens with one attached hydrogen (secondary N) is 1. The van der Waals surface area contributed by atoms with Crippen molar-refractivity contribution in [3.63, 3.8) is 0 Å². The summed E-state index contributed by atoms with van der Waals surface area (Å²) >= 11 is 0. The van der Waals surface area contributed by atoms with E-state index in [1.807, 2.05) is 18.7 Å². The van der Waals surface area contributed by atoms with Crippen LogP contribution < -0.4 is 5.32 Å². The van der Waals surface area contributed by atoms with E-state index in [4.69, 9.17) is 0 Å². The number of hydrogen-bond donors (Lipinski definition) is 1. The molecule has 0 aliphatic carbocycles. The topological polar surface area (TPSA) is 35.6 Å². The second-order valence-electron chi connectivity index (χ2n) is 6.64. The van der Waals surface area contributed by atoms with Gasteiger partial charge in [0.2, 0.25) is 5.91 Å². The van der Waals surface area contributed by atoms with Gasteiger partial charge in [-0.2, -0.15) is 0 Å². The molecule has 0 spiro atoms. The Labute approximate surface area is 117 Å². The Balaban J connectivity index is 1.73. The SMILES string of the molecule is CC(C)C(=O)N1CCC(NC2CC(C)N(C)C2)CC1. The number of carbonyl (C=O) groups is 1. The normalized spacial score (nSPS) is 30.3. The third kappa shape index (κ3) is 3.69. The van der Waals surface area contributed by atoms with Gasteiger partial charge < -0.3 is 15.1 Å². The Bertz CT molecular complexity index is 301. The molecule has 110 valence electrons. The molecule has 4 heteroatoms. The summed E-state index contributed by atoms with van der Waals surface area (Å²) in [5, 5.41) is 3.79. The van der Waals surface area contributed by atoms with Gasteiger partial charge in [-0.15, -0.1) is 0 Å². The molecule has 2 saturated heterocycles. The molecule has 0 aromatic rings. The Morgan fingerprint density at radius 3 is 2.32 bits per heavy atom. The summed E-state index contributed by atoms with van der Waals surface area (Å²) in [6.07, 6.45) is 3.46. The molecule has 0 radical (unpaired) electrons. The smallest absolute Gasteiger partial charge is 0.225 e. The van der Waals surface area contributed by atoms with Gasteiger partial charge in [-0.05, 0) is 33.2 Å². The van der Waals surface area contributed by atoms with Gasteiger partial charge in [0.15, 0.2) is 0 Å². The average Bonchev–Trinajstić information content (AvgIpc) is 2.68. The molecule has 0 aromatic carbocycles. The molecule has 2 unspecified atom stereocenters. The monoisotopic (exact) mass is 267 g/mol. The van der Waals surface area contributed by atoms with Crippen molar-refractivity contribution < 1.29 is 4.79 Å². The molecule has 4 nitrogen and oxygen atoms in total. The van der Waals surface area contributed by atoms with Gasteiger partial charge >= 0.3 is 0 Å². The van der Waals surface area contributed by atoms with Crippen LogP contribution in [-0.4, -0.2) is 60.5 Å². The van der Waals surface area contributed by atoms with E-state index in [9.17, 15) is 4.79 Å². The first-order valence-electron chi connectivity index (χ1n) is 7.72. The number of piperidine rings is 1. The van der Waals surface area contributed by atoms with Crippen LogP contribution in [0.1, 0.15) is 40.0 Å². The maximum atomic E-state index is 11.9. The van der Waals surface area contributed by atoms with Crippen LogP contribution in [-0.2, 0) is 4.79 Å². The highest BCUT2D eigenvalue weighted by Crippen LogP contribution is 2.19. The summed E-state index contributed by atoms with van der Waals surface area (Å²) in [4.78, 5) is 16.4. The Kier molecular flexibility index (Phi) is 4.85. The fourth-order valence-electron chi connectivity index (χ4n) is 3.28. The quantitative estimate of drug-likeness (QED) is 0.837. The fourth-order valence-corrected chi connectivity index (χ4v) is 3.28. The lowest BCUT2D eigenvalue weighted by Gasteiger charge is -2.34. The molecule has 2 aliphatic rings. The van der Waals surface area contributed by atoms with Crippen LogP contribution in [0.5, 0.6) is 0 Å². The molecule has 2 aliphatic heterocycles. The number of likely N-dealkylation sites (tertiary alicyclic amines) is 2. The Morgan fingerprint density at radius 1 is 1.21 bits per heavy atom. The fraction of sp³-hybridized carbons (Fsp3) is 0.933. The van der Waals surface area contributed by atoms with Crippen LogP contribution in [0, 0.1) is 5.92 Å². The maximum absolute atomic E-state index is 11.9. The minimum absolute atomic E-state index is 0.133. The number of hydrogen-bond acceptors (Lipinski definition) is 3. The van der Waals surface area contributed by atoms with Gasteiger partial charge in [0, 0.05) is 43.7 Å². The van der Waals surface area contributed by atoms with Crippen molar-refractivity contribution in [1.82, 2.24) is 15.1 Å². The zero-order valence-corrected chi connectivity index (χ0v) is 12.9. The molecule has 1 amide bonds. The third-order valence-electron chi connectivity index (χ3n) is 4.66. The third-order valence-corrected chi connectivity index (χ3v) is 4.66. The lowest BCUT2D eigenvalue weighted by Crippen LogP contribution is -2.49. The summed E-state index contributed by atoms with van der Waals surface area (Å²) in [5.41, 5.74) is 0. The van der Waals surface area contributed by atoms with Gasteiger partial charge in [0.25, 0.3) is 0 Å². The van der Waals surface area contributed by atoms with E-state index in [1.54, 1.807) is 0 Å². The standard InChI is InChI=1S/C15H29N3O/c1-11(2)15(19)18-7-5-13(6-8-18)16-14-9-12(3)17(4)10-14/h11-14,16H,5-10H2,1-4H3. The van der Waals surface area contributed by atoms with Crippen molar-refractivity contribution in [1.29, 1.82) is 0 Å². The van der Waals surface area contributed by atoms with Gasteiger partial charge in [-0.1, -0.05) is 13.8 Å². The summed E-state index contributed by atoms with van der Waals surface area (Å²) in [6, 6.07) is 1.93. The highest BCUT2D eigenvalue weighted by molar-refractivity contribution is 5.78. The van der Waals surface area contributed by atoms with E-state index >= 15 is 0 Å². The molecular formula is C15H29N3O. The van der Waals surface area contributed by atoms with E-state index in [1.165, 1.54) is 6.42 Å². The predicted molar refractivity (Wildman–Crippen MR) is 78.1 cm³/mol. The molecule has 1 N–H and O–H groups in total. The molecule has 2 rings (SSSR count). The summed E-state index contributed by atoms with van der Waals surface area (Å²) in [6.45, 7) is 9.28. The number of amides is 1. The zero-order chi connectivity index (χ0) is 14.0. The first-order valence-corrected chi connectivity index (χ1v) is 7.72. The van der Waals surface area contributed by atoms with Crippen LogP contribution >= 0.6 is 0 Å². The molecular weight excluding hydrogens is 238 g/mol. The number of likely N-dealkylation sites (N-methyl/N-ethyl adjacent to an activating group) is 1. The van der Waals surface area contributed by atoms with Crippen LogP contribution in [0.2, 0.25) is 0 Å². The first kappa shape index (κ1) is 14.8. The van der Waals surface area contributed by atoms with Crippen LogP contribution in [0.3, 0.4) is 0 Å². The average molecular weight is 267 g/mol. The highest BCUT2D eigenvalue weighted by Gasteiger charge is 2.30. The zero-order valence-electron chi connectivity index (χ0n) is 12.9. The number of nitrogens with zero attached hydrogens (tertiary/aromatic N) is 2. The summed E-state index contributed by atoms with van der Waals surface area (Å²) in [5.74, 6) is 0.446. The number of rotatable bonds is 3. The number of carbonyl (C=O) groups excluding carboxylic acids is 1. The van der Waals surface area contributed by atoms with Crippen molar-refractivity contribution in [2.24, 2.45) is 5.92 Å². The summed E-state index contributed by atoms with van der Waals surface area (Å²) < 4.78 is 0. The molecule has 2 heterocycles. The second kappa shape index (κ2) is 6.23. The molecule has 0 saturated carbocycles. The molecule has 0 aromatic heterocycles. The van der Waals surface area contributed by atoms with Gasteiger partial charge in [0.05, 0.1) is 0 Å². The first-order chi connectivity index (χ1) is 8.97. The van der Waals surface area contributed by atoms with Crippen molar-refractivity contribution in [3.8, 4) is 0 Å². The largest absolute Gasteiger partial charge is 0.342 e. The van der Waals surface area contributed by atoms with Crippen molar-refractivity contribution >= 4 is 5.91 Å². The van der Waals surface area contributed by atoms with Crippen LogP contribution in [0.15, 0.2) is 0 Å².